The number of aromatic nitrogens is 1. The Labute approximate surface area is 78.6 Å². The number of pyridine rings is 1. The average molecular weight is 254 g/mol. The smallest absolute Gasteiger partial charge is 0.0703 e. The third-order valence-corrected chi connectivity index (χ3v) is 2.08. The molecule has 0 N–H and O–H groups in total. The number of benzene rings is 1. The molecule has 0 bridgehead atoms. The van der Waals surface area contributed by atoms with E-state index < -0.39 is 0 Å². The minimum absolute atomic E-state index is 1.03. The first kappa shape index (κ1) is 7.03. The molecule has 0 amide bonds. The van der Waals surface area contributed by atoms with E-state index in [-0.39, 0.29) is 0 Å². The van der Waals surface area contributed by atoms with Crippen molar-refractivity contribution in [1.82, 2.24) is 4.98 Å². The molecule has 11 heavy (non-hydrogen) atoms. The molecule has 1 radical (unpaired) electrons. The number of rotatable bonds is 0. The van der Waals surface area contributed by atoms with E-state index in [1.54, 1.807) is 0 Å². The van der Waals surface area contributed by atoms with E-state index in [2.05, 4.69) is 39.7 Å². The van der Waals surface area contributed by atoms with Gasteiger partial charge in [0.25, 0.3) is 0 Å². The Morgan fingerprint density at radius 3 is 3.27 bits per heavy atom. The lowest BCUT2D eigenvalue weighted by atomic mass is 10.2. The summed E-state index contributed by atoms with van der Waals surface area (Å²) in [6.07, 6.45) is 1.86. The fourth-order valence-electron chi connectivity index (χ4n) is 0.985. The van der Waals surface area contributed by atoms with Crippen molar-refractivity contribution in [2.45, 2.75) is 0 Å². The summed E-state index contributed by atoms with van der Waals surface area (Å²) in [5.41, 5.74) is 1.03. The van der Waals surface area contributed by atoms with E-state index in [4.69, 9.17) is 0 Å². The van der Waals surface area contributed by atoms with Gasteiger partial charge in [-0.1, -0.05) is 6.07 Å². The first-order chi connectivity index (χ1) is 5.36. The zero-order chi connectivity index (χ0) is 7.68. The van der Waals surface area contributed by atoms with Crippen LogP contribution in [0.3, 0.4) is 0 Å². The molecule has 1 aromatic heterocycles. The van der Waals surface area contributed by atoms with Crippen LogP contribution in [0.4, 0.5) is 0 Å². The van der Waals surface area contributed by atoms with Crippen LogP contribution in [0.15, 0.2) is 30.5 Å². The molecule has 0 aliphatic rings. The van der Waals surface area contributed by atoms with Crippen LogP contribution in [-0.4, -0.2) is 4.98 Å². The van der Waals surface area contributed by atoms with Gasteiger partial charge in [-0.25, -0.2) is 0 Å². The van der Waals surface area contributed by atoms with Gasteiger partial charge in [0.1, 0.15) is 0 Å². The number of fused-ring (bicyclic) bond motifs is 1. The molecule has 0 atom stereocenters. The summed E-state index contributed by atoms with van der Waals surface area (Å²) in [4.78, 5) is 4.25. The molecular formula is C9H5IN. The van der Waals surface area contributed by atoms with Gasteiger partial charge < -0.3 is 0 Å². The van der Waals surface area contributed by atoms with E-state index in [0.717, 1.165) is 14.5 Å². The Morgan fingerprint density at radius 1 is 1.45 bits per heavy atom. The van der Waals surface area contributed by atoms with Crippen molar-refractivity contribution in [2.24, 2.45) is 0 Å². The minimum atomic E-state index is 1.03. The monoisotopic (exact) mass is 254 g/mol. The van der Waals surface area contributed by atoms with Crippen LogP contribution in [0.25, 0.3) is 10.9 Å². The highest BCUT2D eigenvalue weighted by molar-refractivity contribution is 14.1. The Hall–Kier alpha value is -0.640. The van der Waals surface area contributed by atoms with Crippen LogP contribution in [0.5, 0.6) is 0 Å². The third kappa shape index (κ3) is 1.35. The molecule has 2 rings (SSSR count). The van der Waals surface area contributed by atoms with Crippen molar-refractivity contribution in [1.29, 1.82) is 0 Å². The summed E-state index contributed by atoms with van der Waals surface area (Å²) in [6.45, 7) is 0. The molecular weight excluding hydrogens is 249 g/mol. The van der Waals surface area contributed by atoms with Crippen LogP contribution in [0.1, 0.15) is 0 Å². The standard InChI is InChI=1S/C9H5IN/c10-8-5-7-3-1-2-4-9(7)11-6-8/h2-6H. The Bertz CT molecular complexity index is 384. The Kier molecular flexibility index (Phi) is 1.77. The lowest BCUT2D eigenvalue weighted by Gasteiger charge is -1.94. The second kappa shape index (κ2) is 2.77. The van der Waals surface area contributed by atoms with Crippen molar-refractivity contribution in [2.75, 3.05) is 0 Å². The minimum Gasteiger partial charge on any atom is -0.255 e. The predicted molar refractivity (Wildman–Crippen MR) is 53.3 cm³/mol. The van der Waals surface area contributed by atoms with E-state index in [0.29, 0.717) is 0 Å². The molecule has 2 aromatic rings. The van der Waals surface area contributed by atoms with Crippen molar-refractivity contribution >= 4 is 33.5 Å². The van der Waals surface area contributed by atoms with Gasteiger partial charge in [-0.3, -0.25) is 4.98 Å². The fourth-order valence-corrected chi connectivity index (χ4v) is 1.46. The van der Waals surface area contributed by atoms with Gasteiger partial charge in [0.15, 0.2) is 0 Å². The molecule has 0 aliphatic carbocycles. The molecule has 1 nitrogen and oxygen atoms in total. The lowest BCUT2D eigenvalue weighted by molar-refractivity contribution is 1.39. The first-order valence-corrected chi connectivity index (χ1v) is 4.35. The van der Waals surface area contributed by atoms with E-state index in [1.165, 1.54) is 0 Å². The summed E-state index contributed by atoms with van der Waals surface area (Å²) < 4.78 is 1.16. The van der Waals surface area contributed by atoms with Gasteiger partial charge in [-0.2, -0.15) is 0 Å². The summed E-state index contributed by atoms with van der Waals surface area (Å²) in [7, 11) is 0. The fraction of sp³-hybridized carbons (Fsp3) is 0. The summed E-state index contributed by atoms with van der Waals surface area (Å²) in [5.74, 6) is 0. The molecule has 0 fully saturated rings. The molecule has 0 saturated heterocycles. The topological polar surface area (TPSA) is 12.9 Å². The van der Waals surface area contributed by atoms with Crippen LogP contribution < -0.4 is 0 Å². The Balaban J connectivity index is 2.83. The third-order valence-electron chi connectivity index (χ3n) is 1.49. The van der Waals surface area contributed by atoms with E-state index in [1.807, 2.05) is 24.4 Å². The Morgan fingerprint density at radius 2 is 2.36 bits per heavy atom. The second-order valence-corrected chi connectivity index (χ2v) is 3.52. The molecule has 0 saturated carbocycles. The van der Waals surface area contributed by atoms with Crippen molar-refractivity contribution in [3.63, 3.8) is 0 Å². The van der Waals surface area contributed by atoms with Gasteiger partial charge >= 0.3 is 0 Å². The number of hydrogen-bond donors (Lipinski definition) is 0. The molecule has 0 spiro atoms. The quantitative estimate of drug-likeness (QED) is 0.658. The number of halogens is 1. The zero-order valence-corrected chi connectivity index (χ0v) is 7.87. The molecule has 0 aliphatic heterocycles. The molecule has 0 unspecified atom stereocenters. The second-order valence-electron chi connectivity index (χ2n) is 2.27. The molecule has 2 heteroatoms. The SMILES string of the molecule is Ic1cnc2cc[c]cc2c1. The van der Waals surface area contributed by atoms with Gasteiger partial charge in [-0.15, -0.1) is 0 Å². The maximum absolute atomic E-state index is 4.25. The number of nitrogens with zero attached hydrogens (tertiary/aromatic N) is 1. The van der Waals surface area contributed by atoms with Gasteiger partial charge in [0, 0.05) is 15.2 Å². The largest absolute Gasteiger partial charge is 0.255 e. The van der Waals surface area contributed by atoms with Crippen molar-refractivity contribution < 1.29 is 0 Å². The molecule has 53 valence electrons. The molecule has 1 aromatic carbocycles. The van der Waals surface area contributed by atoms with Gasteiger partial charge in [-0.05, 0) is 46.9 Å². The maximum atomic E-state index is 4.25. The summed E-state index contributed by atoms with van der Waals surface area (Å²) in [5, 5.41) is 1.15. The van der Waals surface area contributed by atoms with Crippen molar-refractivity contribution in [3.8, 4) is 0 Å². The van der Waals surface area contributed by atoms with Gasteiger partial charge in [0.05, 0.1) is 5.52 Å². The summed E-state index contributed by atoms with van der Waals surface area (Å²) >= 11 is 2.25. The highest BCUT2D eigenvalue weighted by atomic mass is 127. The highest BCUT2D eigenvalue weighted by Gasteiger charge is 1.92. The highest BCUT2D eigenvalue weighted by Crippen LogP contribution is 2.12. The normalized spacial score (nSPS) is 10.3. The maximum Gasteiger partial charge on any atom is 0.0703 e. The molecule has 1 heterocycles. The predicted octanol–water partition coefficient (Wildman–Crippen LogP) is 2.64. The van der Waals surface area contributed by atoms with E-state index in [9.17, 15) is 0 Å². The van der Waals surface area contributed by atoms with Crippen molar-refractivity contribution in [3.05, 3.63) is 40.1 Å². The number of hydrogen-bond acceptors (Lipinski definition) is 1. The summed E-state index contributed by atoms with van der Waals surface area (Å²) in [6, 6.07) is 10.9. The van der Waals surface area contributed by atoms with Crippen LogP contribution >= 0.6 is 22.6 Å². The zero-order valence-electron chi connectivity index (χ0n) is 5.71. The van der Waals surface area contributed by atoms with Crippen LogP contribution in [0.2, 0.25) is 0 Å². The average Bonchev–Trinajstić information content (AvgIpc) is 2.04. The first-order valence-electron chi connectivity index (χ1n) is 3.27. The van der Waals surface area contributed by atoms with Crippen LogP contribution in [-0.2, 0) is 0 Å². The van der Waals surface area contributed by atoms with E-state index >= 15 is 0 Å². The van der Waals surface area contributed by atoms with Gasteiger partial charge in [0.2, 0.25) is 0 Å². The van der Waals surface area contributed by atoms with Crippen LogP contribution in [0, 0.1) is 9.64 Å². The lowest BCUT2D eigenvalue weighted by Crippen LogP contribution is -1.78.